The standard InChI is InChI=1S/C18H17Cl2N5O4/c1-9(2)23-8-12(4-10(3)17(23)27)29-16-13(19)5-11(6-14(16)20)25-18(28)24(21)15(26)7-22-25/h4-9H,21H2,1-3H3. The molecular formula is C18H17Cl2N5O4. The molecule has 11 heteroatoms. The Balaban J connectivity index is 2.06. The Morgan fingerprint density at radius 2 is 1.72 bits per heavy atom. The zero-order valence-corrected chi connectivity index (χ0v) is 17.2. The van der Waals surface area contributed by atoms with Gasteiger partial charge in [0.25, 0.3) is 11.1 Å². The van der Waals surface area contributed by atoms with Crippen molar-refractivity contribution in [2.75, 3.05) is 5.84 Å². The van der Waals surface area contributed by atoms with Gasteiger partial charge in [-0.05, 0) is 39.0 Å². The van der Waals surface area contributed by atoms with E-state index >= 15 is 0 Å². The van der Waals surface area contributed by atoms with E-state index in [1.165, 1.54) is 16.7 Å². The van der Waals surface area contributed by atoms with Gasteiger partial charge in [-0.15, -0.1) is 0 Å². The van der Waals surface area contributed by atoms with Gasteiger partial charge in [0.1, 0.15) is 11.9 Å². The number of benzene rings is 1. The van der Waals surface area contributed by atoms with Gasteiger partial charge in [-0.3, -0.25) is 9.59 Å². The molecule has 2 aromatic heterocycles. The summed E-state index contributed by atoms with van der Waals surface area (Å²) in [6.45, 7) is 5.43. The second-order valence-corrected chi connectivity index (χ2v) is 7.37. The molecule has 2 N–H and O–H groups in total. The quantitative estimate of drug-likeness (QED) is 0.625. The second kappa shape index (κ2) is 7.76. The second-order valence-electron chi connectivity index (χ2n) is 6.55. The largest absolute Gasteiger partial charge is 0.453 e. The summed E-state index contributed by atoms with van der Waals surface area (Å²) in [5.74, 6) is 5.92. The lowest BCUT2D eigenvalue weighted by Gasteiger charge is -2.16. The fraction of sp³-hybridized carbons (Fsp3) is 0.222. The predicted molar refractivity (Wildman–Crippen MR) is 110 cm³/mol. The van der Waals surface area contributed by atoms with Gasteiger partial charge in [0.2, 0.25) is 0 Å². The Hall–Kier alpha value is -3.04. The Bertz CT molecular complexity index is 1250. The molecular weight excluding hydrogens is 421 g/mol. The number of halogens is 2. The number of ether oxygens (including phenoxy) is 1. The number of nitrogen functional groups attached to an aromatic ring is 1. The van der Waals surface area contributed by atoms with Crippen molar-refractivity contribution < 1.29 is 4.74 Å². The van der Waals surface area contributed by atoms with E-state index in [9.17, 15) is 14.4 Å². The van der Waals surface area contributed by atoms with E-state index in [1.807, 2.05) is 13.8 Å². The van der Waals surface area contributed by atoms with Crippen LogP contribution in [0, 0.1) is 6.92 Å². The van der Waals surface area contributed by atoms with Crippen LogP contribution in [-0.2, 0) is 0 Å². The molecule has 0 unspecified atom stereocenters. The zero-order valence-electron chi connectivity index (χ0n) is 15.7. The van der Waals surface area contributed by atoms with Crippen molar-refractivity contribution in [2.24, 2.45) is 0 Å². The molecule has 0 aliphatic rings. The van der Waals surface area contributed by atoms with E-state index in [-0.39, 0.29) is 33.1 Å². The highest BCUT2D eigenvalue weighted by molar-refractivity contribution is 6.37. The first-order valence-corrected chi connectivity index (χ1v) is 9.22. The Labute approximate surface area is 174 Å². The van der Waals surface area contributed by atoms with Crippen molar-refractivity contribution in [2.45, 2.75) is 26.8 Å². The van der Waals surface area contributed by atoms with E-state index in [0.717, 1.165) is 10.9 Å². The molecule has 2 heterocycles. The van der Waals surface area contributed by atoms with Gasteiger partial charge in [-0.25, -0.2) is 4.79 Å². The van der Waals surface area contributed by atoms with Gasteiger partial charge in [0.15, 0.2) is 5.75 Å². The number of hydrogen-bond acceptors (Lipinski definition) is 6. The molecule has 3 aromatic rings. The van der Waals surface area contributed by atoms with E-state index in [4.69, 9.17) is 33.8 Å². The molecule has 0 aliphatic carbocycles. The smallest absolute Gasteiger partial charge is 0.370 e. The minimum Gasteiger partial charge on any atom is -0.453 e. The molecule has 0 bridgehead atoms. The maximum absolute atomic E-state index is 12.2. The maximum atomic E-state index is 12.2. The maximum Gasteiger partial charge on any atom is 0.370 e. The van der Waals surface area contributed by atoms with Crippen LogP contribution in [0.15, 0.2) is 45.0 Å². The van der Waals surface area contributed by atoms with Crippen molar-refractivity contribution in [3.8, 4) is 17.2 Å². The van der Waals surface area contributed by atoms with Crippen molar-refractivity contribution in [1.29, 1.82) is 0 Å². The van der Waals surface area contributed by atoms with E-state index in [0.29, 0.717) is 16.0 Å². The number of aryl methyl sites for hydroxylation is 1. The van der Waals surface area contributed by atoms with Gasteiger partial charge in [-0.1, -0.05) is 23.2 Å². The van der Waals surface area contributed by atoms with Crippen LogP contribution in [0.25, 0.3) is 5.69 Å². The lowest BCUT2D eigenvalue weighted by atomic mass is 10.2. The summed E-state index contributed by atoms with van der Waals surface area (Å²) in [5.41, 5.74) is -1.04. The first-order chi connectivity index (χ1) is 13.6. The summed E-state index contributed by atoms with van der Waals surface area (Å²) in [7, 11) is 0. The van der Waals surface area contributed by atoms with Crippen LogP contribution >= 0.6 is 23.2 Å². The number of nitrogens with two attached hydrogens (primary N) is 1. The number of nitrogens with zero attached hydrogens (tertiary/aromatic N) is 4. The number of aromatic nitrogens is 4. The average molecular weight is 438 g/mol. The summed E-state index contributed by atoms with van der Waals surface area (Å²) in [5, 5.41) is 3.94. The van der Waals surface area contributed by atoms with E-state index in [1.54, 1.807) is 19.2 Å². The highest BCUT2D eigenvalue weighted by atomic mass is 35.5. The summed E-state index contributed by atoms with van der Waals surface area (Å²) in [6, 6.07) is 4.31. The molecule has 0 spiro atoms. The first kappa shape index (κ1) is 20.7. The monoisotopic (exact) mass is 437 g/mol. The zero-order chi connectivity index (χ0) is 21.5. The summed E-state index contributed by atoms with van der Waals surface area (Å²) < 4.78 is 8.65. The van der Waals surface area contributed by atoms with Crippen LogP contribution in [0.3, 0.4) is 0 Å². The normalized spacial score (nSPS) is 11.1. The molecule has 0 amide bonds. The molecule has 0 atom stereocenters. The third-order valence-electron chi connectivity index (χ3n) is 4.11. The number of hydrogen-bond donors (Lipinski definition) is 1. The molecule has 9 nitrogen and oxygen atoms in total. The topological polar surface area (TPSA) is 114 Å². The molecule has 0 radical (unpaired) electrons. The molecule has 0 saturated carbocycles. The van der Waals surface area contributed by atoms with Gasteiger partial charge in [0.05, 0.1) is 21.9 Å². The minimum absolute atomic E-state index is 0.0667. The summed E-state index contributed by atoms with van der Waals surface area (Å²) in [6.07, 6.45) is 2.46. The lowest BCUT2D eigenvalue weighted by Crippen LogP contribution is -2.44. The van der Waals surface area contributed by atoms with E-state index in [2.05, 4.69) is 5.10 Å². The SMILES string of the molecule is Cc1cc(Oc2c(Cl)cc(-n3ncc(=O)n(N)c3=O)cc2Cl)cn(C(C)C)c1=O. The van der Waals surface area contributed by atoms with Gasteiger partial charge < -0.3 is 15.1 Å². The Morgan fingerprint density at radius 1 is 1.10 bits per heavy atom. The molecule has 0 aliphatic heterocycles. The fourth-order valence-corrected chi connectivity index (χ4v) is 3.18. The lowest BCUT2D eigenvalue weighted by molar-refractivity contribution is 0.464. The van der Waals surface area contributed by atoms with Gasteiger partial charge in [-0.2, -0.15) is 14.5 Å². The van der Waals surface area contributed by atoms with Crippen LogP contribution in [-0.4, -0.2) is 19.0 Å². The number of rotatable bonds is 4. The molecule has 29 heavy (non-hydrogen) atoms. The third kappa shape index (κ3) is 3.92. The van der Waals surface area contributed by atoms with Crippen molar-refractivity contribution in [1.82, 2.24) is 19.0 Å². The van der Waals surface area contributed by atoms with Crippen molar-refractivity contribution >= 4 is 23.2 Å². The Kier molecular flexibility index (Phi) is 5.54. The van der Waals surface area contributed by atoms with Crippen LogP contribution in [0.4, 0.5) is 0 Å². The van der Waals surface area contributed by atoms with Crippen molar-refractivity contribution in [3.05, 3.63) is 77.4 Å². The van der Waals surface area contributed by atoms with E-state index < -0.39 is 11.2 Å². The van der Waals surface area contributed by atoms with Crippen LogP contribution in [0.5, 0.6) is 11.5 Å². The third-order valence-corrected chi connectivity index (χ3v) is 4.67. The minimum atomic E-state index is -0.863. The molecule has 1 aromatic carbocycles. The van der Waals surface area contributed by atoms with Gasteiger partial charge in [0, 0.05) is 11.6 Å². The first-order valence-electron chi connectivity index (χ1n) is 8.46. The number of pyridine rings is 1. The molecule has 3 rings (SSSR count). The average Bonchev–Trinajstić information content (AvgIpc) is 2.65. The molecule has 152 valence electrons. The van der Waals surface area contributed by atoms with Crippen LogP contribution < -0.4 is 27.4 Å². The fourth-order valence-electron chi connectivity index (χ4n) is 2.63. The molecule has 0 saturated heterocycles. The Morgan fingerprint density at radius 3 is 2.31 bits per heavy atom. The summed E-state index contributed by atoms with van der Waals surface area (Å²) in [4.78, 5) is 35.8. The van der Waals surface area contributed by atoms with Crippen LogP contribution in [0.2, 0.25) is 10.0 Å². The summed E-state index contributed by atoms with van der Waals surface area (Å²) >= 11 is 12.6. The predicted octanol–water partition coefficient (Wildman–Crippen LogP) is 2.26. The van der Waals surface area contributed by atoms with Crippen molar-refractivity contribution in [3.63, 3.8) is 0 Å². The molecule has 0 fully saturated rings. The van der Waals surface area contributed by atoms with Gasteiger partial charge >= 0.3 is 5.69 Å². The highest BCUT2D eigenvalue weighted by Gasteiger charge is 2.16. The van der Waals surface area contributed by atoms with Crippen LogP contribution in [0.1, 0.15) is 25.5 Å². The highest BCUT2D eigenvalue weighted by Crippen LogP contribution is 2.38.